The Balaban J connectivity index is 1.84. The zero-order chi connectivity index (χ0) is 13.5. The first-order valence-corrected chi connectivity index (χ1v) is 7.13. The van der Waals surface area contributed by atoms with Gasteiger partial charge in [0.1, 0.15) is 0 Å². The predicted octanol–water partition coefficient (Wildman–Crippen LogP) is 2.29. The first-order chi connectivity index (χ1) is 9.11. The van der Waals surface area contributed by atoms with Gasteiger partial charge in [0.15, 0.2) is 5.79 Å². The van der Waals surface area contributed by atoms with E-state index in [0.717, 1.165) is 19.3 Å². The Hall–Kier alpha value is -0.870. The van der Waals surface area contributed by atoms with Crippen molar-refractivity contribution in [2.24, 2.45) is 17.3 Å². The molecule has 1 saturated heterocycles. The molecule has 1 heterocycles. The molecule has 0 aromatic carbocycles. The van der Waals surface area contributed by atoms with Crippen LogP contribution in [0.1, 0.15) is 32.6 Å². The van der Waals surface area contributed by atoms with Gasteiger partial charge in [-0.1, -0.05) is 19.1 Å². The molecular weight excluding hydrogens is 244 g/mol. The quantitative estimate of drug-likeness (QED) is 0.568. The fraction of sp³-hybridized carbons (Fsp3) is 0.800. The van der Waals surface area contributed by atoms with Crippen molar-refractivity contribution < 1.29 is 19.0 Å². The van der Waals surface area contributed by atoms with Gasteiger partial charge < -0.3 is 14.2 Å². The largest absolute Gasteiger partial charge is 0.469 e. The van der Waals surface area contributed by atoms with Gasteiger partial charge in [0.05, 0.1) is 26.7 Å². The Morgan fingerprint density at radius 1 is 1.42 bits per heavy atom. The third-order valence-corrected chi connectivity index (χ3v) is 5.30. The molecule has 0 aromatic rings. The van der Waals surface area contributed by atoms with Gasteiger partial charge in [0.25, 0.3) is 0 Å². The number of fused-ring (bicyclic) bond motifs is 2. The molecule has 3 aliphatic rings. The Kier molecular flexibility index (Phi) is 3.18. The molecule has 2 fully saturated rings. The predicted molar refractivity (Wildman–Crippen MR) is 69.3 cm³/mol. The van der Waals surface area contributed by atoms with E-state index in [-0.39, 0.29) is 17.3 Å². The number of rotatable bonds is 2. The minimum Gasteiger partial charge on any atom is -0.469 e. The van der Waals surface area contributed by atoms with E-state index in [4.69, 9.17) is 14.2 Å². The molecule has 0 N–H and O–H groups in total. The van der Waals surface area contributed by atoms with Crippen molar-refractivity contribution in [3.63, 3.8) is 0 Å². The van der Waals surface area contributed by atoms with E-state index in [9.17, 15) is 4.79 Å². The molecule has 19 heavy (non-hydrogen) atoms. The maximum atomic E-state index is 11.6. The first kappa shape index (κ1) is 13.1. The van der Waals surface area contributed by atoms with Crippen molar-refractivity contribution in [2.45, 2.75) is 38.4 Å². The lowest BCUT2D eigenvalue weighted by Gasteiger charge is -2.45. The maximum absolute atomic E-state index is 11.6. The lowest BCUT2D eigenvalue weighted by molar-refractivity contribution is -0.227. The van der Waals surface area contributed by atoms with E-state index in [1.165, 1.54) is 7.11 Å². The van der Waals surface area contributed by atoms with Gasteiger partial charge in [-0.25, -0.2) is 0 Å². The van der Waals surface area contributed by atoms with E-state index in [1.807, 2.05) is 0 Å². The fourth-order valence-electron chi connectivity index (χ4n) is 4.26. The smallest absolute Gasteiger partial charge is 0.306 e. The maximum Gasteiger partial charge on any atom is 0.306 e. The zero-order valence-electron chi connectivity index (χ0n) is 11.7. The highest BCUT2D eigenvalue weighted by Gasteiger charge is 2.62. The van der Waals surface area contributed by atoms with Crippen LogP contribution in [-0.2, 0) is 19.0 Å². The SMILES string of the molecule is COC(=O)C[C@@H]1C=CC[C@@]2(C)[C@H]1CCC21OCCO1. The van der Waals surface area contributed by atoms with Crippen LogP contribution in [0.3, 0.4) is 0 Å². The van der Waals surface area contributed by atoms with Crippen LogP contribution in [0.4, 0.5) is 0 Å². The van der Waals surface area contributed by atoms with Crippen LogP contribution < -0.4 is 0 Å². The third kappa shape index (κ3) is 1.84. The standard InChI is InChI=1S/C15H22O4/c1-14-6-3-4-11(10-13(16)17-2)12(14)5-7-15(14)18-8-9-19-15/h3-4,11-12H,5-10H2,1-2H3/t11-,12-,14-/m0/s1. The second kappa shape index (κ2) is 4.60. The Morgan fingerprint density at radius 3 is 2.84 bits per heavy atom. The number of hydrogen-bond donors (Lipinski definition) is 0. The molecule has 4 heteroatoms. The highest BCUT2D eigenvalue weighted by Crippen LogP contribution is 2.61. The molecule has 0 aromatic heterocycles. The molecule has 3 rings (SSSR count). The molecule has 106 valence electrons. The van der Waals surface area contributed by atoms with Crippen LogP contribution in [0, 0.1) is 17.3 Å². The highest BCUT2D eigenvalue weighted by atomic mass is 16.7. The van der Waals surface area contributed by atoms with Crippen LogP contribution in [-0.4, -0.2) is 32.1 Å². The average molecular weight is 266 g/mol. The Bertz CT molecular complexity index is 397. The van der Waals surface area contributed by atoms with Gasteiger partial charge in [0.2, 0.25) is 0 Å². The van der Waals surface area contributed by atoms with Crippen molar-refractivity contribution in [3.8, 4) is 0 Å². The van der Waals surface area contributed by atoms with Crippen molar-refractivity contribution in [2.75, 3.05) is 20.3 Å². The van der Waals surface area contributed by atoms with Gasteiger partial charge >= 0.3 is 5.97 Å². The molecule has 0 unspecified atom stereocenters. The minimum atomic E-state index is -0.420. The zero-order valence-corrected chi connectivity index (χ0v) is 11.7. The first-order valence-electron chi connectivity index (χ1n) is 7.13. The van der Waals surface area contributed by atoms with Gasteiger partial charge in [0, 0.05) is 11.8 Å². The molecule has 3 atom stereocenters. The number of hydrogen-bond acceptors (Lipinski definition) is 4. The van der Waals surface area contributed by atoms with Crippen LogP contribution in [0.2, 0.25) is 0 Å². The fourth-order valence-corrected chi connectivity index (χ4v) is 4.26. The molecular formula is C15H22O4. The van der Waals surface area contributed by atoms with E-state index >= 15 is 0 Å². The highest BCUT2D eigenvalue weighted by molar-refractivity contribution is 5.69. The van der Waals surface area contributed by atoms with Crippen molar-refractivity contribution in [3.05, 3.63) is 12.2 Å². The molecule has 1 spiro atoms. The second-order valence-corrected chi connectivity index (χ2v) is 6.09. The monoisotopic (exact) mass is 266 g/mol. The number of carbonyl (C=O) groups excluding carboxylic acids is 1. The van der Waals surface area contributed by atoms with Crippen LogP contribution in [0.5, 0.6) is 0 Å². The summed E-state index contributed by atoms with van der Waals surface area (Å²) in [5.41, 5.74) is -0.0169. The van der Waals surface area contributed by atoms with Crippen LogP contribution in [0.25, 0.3) is 0 Å². The average Bonchev–Trinajstić information content (AvgIpc) is 2.98. The summed E-state index contributed by atoms with van der Waals surface area (Å²) in [6.07, 6.45) is 7.79. The Labute approximate surface area is 114 Å². The number of allylic oxidation sites excluding steroid dienone is 2. The molecule has 1 saturated carbocycles. The molecule has 1 aliphatic heterocycles. The van der Waals surface area contributed by atoms with Crippen molar-refractivity contribution in [1.82, 2.24) is 0 Å². The second-order valence-electron chi connectivity index (χ2n) is 6.09. The van der Waals surface area contributed by atoms with E-state index < -0.39 is 5.79 Å². The van der Waals surface area contributed by atoms with Gasteiger partial charge in [-0.3, -0.25) is 4.79 Å². The summed E-state index contributed by atoms with van der Waals surface area (Å²) in [6.45, 7) is 3.63. The minimum absolute atomic E-state index is 0.0169. The number of ether oxygens (including phenoxy) is 3. The van der Waals surface area contributed by atoms with Crippen molar-refractivity contribution >= 4 is 5.97 Å². The summed E-state index contributed by atoms with van der Waals surface area (Å²) >= 11 is 0. The Morgan fingerprint density at radius 2 is 2.16 bits per heavy atom. The summed E-state index contributed by atoms with van der Waals surface area (Å²) < 4.78 is 16.8. The summed E-state index contributed by atoms with van der Waals surface area (Å²) in [4.78, 5) is 11.6. The number of methoxy groups -OCH3 is 1. The van der Waals surface area contributed by atoms with E-state index in [0.29, 0.717) is 25.6 Å². The summed E-state index contributed by atoms with van der Waals surface area (Å²) in [5, 5.41) is 0. The van der Waals surface area contributed by atoms with E-state index in [1.54, 1.807) is 0 Å². The lowest BCUT2D eigenvalue weighted by Crippen LogP contribution is -2.48. The summed E-state index contributed by atoms with van der Waals surface area (Å²) in [7, 11) is 1.45. The van der Waals surface area contributed by atoms with Gasteiger partial charge in [-0.05, 0) is 24.7 Å². The third-order valence-electron chi connectivity index (χ3n) is 5.30. The normalized spacial score (nSPS) is 39.5. The van der Waals surface area contributed by atoms with Crippen LogP contribution in [0.15, 0.2) is 12.2 Å². The molecule has 0 radical (unpaired) electrons. The molecule has 0 amide bonds. The summed E-state index contributed by atoms with van der Waals surface area (Å²) in [6, 6.07) is 0. The van der Waals surface area contributed by atoms with Crippen molar-refractivity contribution in [1.29, 1.82) is 0 Å². The molecule has 2 aliphatic carbocycles. The van der Waals surface area contributed by atoms with Gasteiger partial charge in [-0.2, -0.15) is 0 Å². The van der Waals surface area contributed by atoms with E-state index in [2.05, 4.69) is 19.1 Å². The summed E-state index contributed by atoms with van der Waals surface area (Å²) in [5.74, 6) is 0.137. The topological polar surface area (TPSA) is 44.8 Å². The van der Waals surface area contributed by atoms with Crippen LogP contribution >= 0.6 is 0 Å². The number of esters is 1. The lowest BCUT2D eigenvalue weighted by atomic mass is 9.64. The molecule has 0 bridgehead atoms. The van der Waals surface area contributed by atoms with Gasteiger partial charge in [-0.15, -0.1) is 0 Å². The molecule has 4 nitrogen and oxygen atoms in total. The number of carbonyl (C=O) groups is 1.